The molecule has 0 aliphatic carbocycles. The Balaban J connectivity index is 1.94. The molecule has 1 aliphatic heterocycles. The van der Waals surface area contributed by atoms with Gasteiger partial charge in [0.1, 0.15) is 0 Å². The molecular weight excluding hydrogens is 204 g/mol. The van der Waals surface area contributed by atoms with Gasteiger partial charge in [-0.3, -0.25) is 4.79 Å². The zero-order chi connectivity index (χ0) is 11.5. The number of carbonyl (C=O) groups excluding carboxylic acids is 1. The molecule has 1 aromatic rings. The summed E-state index contributed by atoms with van der Waals surface area (Å²) in [5, 5.41) is 2.82. The SMILES string of the molecule is Cc1ccc(NC(=O)CC2COC2)c(N)c1. The van der Waals surface area contributed by atoms with Crippen molar-refractivity contribution in [3.63, 3.8) is 0 Å². The van der Waals surface area contributed by atoms with Crippen LogP contribution in [0.15, 0.2) is 18.2 Å². The van der Waals surface area contributed by atoms with Crippen LogP contribution in [0.25, 0.3) is 0 Å². The van der Waals surface area contributed by atoms with Crippen molar-refractivity contribution in [2.75, 3.05) is 24.3 Å². The van der Waals surface area contributed by atoms with E-state index >= 15 is 0 Å². The highest BCUT2D eigenvalue weighted by atomic mass is 16.5. The summed E-state index contributed by atoms with van der Waals surface area (Å²) in [4.78, 5) is 11.6. The van der Waals surface area contributed by atoms with Crippen molar-refractivity contribution in [2.24, 2.45) is 5.92 Å². The third-order valence-electron chi connectivity index (χ3n) is 2.66. The molecule has 0 saturated carbocycles. The fourth-order valence-corrected chi connectivity index (χ4v) is 1.66. The predicted molar refractivity (Wildman–Crippen MR) is 63.1 cm³/mol. The van der Waals surface area contributed by atoms with Gasteiger partial charge in [-0.25, -0.2) is 0 Å². The van der Waals surface area contributed by atoms with Crippen molar-refractivity contribution in [1.82, 2.24) is 0 Å². The van der Waals surface area contributed by atoms with Crippen LogP contribution in [-0.4, -0.2) is 19.1 Å². The molecule has 3 N–H and O–H groups in total. The van der Waals surface area contributed by atoms with Crippen LogP contribution in [0.3, 0.4) is 0 Å². The molecule has 1 aromatic carbocycles. The molecule has 4 heteroatoms. The van der Waals surface area contributed by atoms with E-state index in [1.54, 1.807) is 0 Å². The zero-order valence-electron chi connectivity index (χ0n) is 9.32. The Morgan fingerprint density at radius 2 is 2.31 bits per heavy atom. The van der Waals surface area contributed by atoms with E-state index in [1.165, 1.54) is 0 Å². The predicted octanol–water partition coefficient (Wildman–Crippen LogP) is 1.55. The first kappa shape index (κ1) is 11.0. The van der Waals surface area contributed by atoms with Crippen molar-refractivity contribution >= 4 is 17.3 Å². The first-order valence-corrected chi connectivity index (χ1v) is 5.39. The lowest BCUT2D eigenvalue weighted by atomic mass is 10.0. The van der Waals surface area contributed by atoms with Gasteiger partial charge in [-0.15, -0.1) is 0 Å². The molecule has 0 bridgehead atoms. The van der Waals surface area contributed by atoms with Gasteiger partial charge in [0.2, 0.25) is 5.91 Å². The Morgan fingerprint density at radius 1 is 1.56 bits per heavy atom. The molecule has 86 valence electrons. The maximum absolute atomic E-state index is 11.6. The second kappa shape index (κ2) is 4.53. The van der Waals surface area contributed by atoms with Crippen LogP contribution in [0, 0.1) is 12.8 Å². The second-order valence-electron chi connectivity index (χ2n) is 4.25. The van der Waals surface area contributed by atoms with Gasteiger partial charge in [0.05, 0.1) is 24.6 Å². The van der Waals surface area contributed by atoms with Crippen molar-refractivity contribution in [3.8, 4) is 0 Å². The van der Waals surface area contributed by atoms with Crippen LogP contribution >= 0.6 is 0 Å². The van der Waals surface area contributed by atoms with Crippen LogP contribution in [-0.2, 0) is 9.53 Å². The molecule has 0 radical (unpaired) electrons. The summed E-state index contributed by atoms with van der Waals surface area (Å²) < 4.78 is 5.02. The van der Waals surface area contributed by atoms with E-state index < -0.39 is 0 Å². The number of aryl methyl sites for hydroxylation is 1. The summed E-state index contributed by atoms with van der Waals surface area (Å²) in [6, 6.07) is 5.61. The smallest absolute Gasteiger partial charge is 0.224 e. The van der Waals surface area contributed by atoms with E-state index in [-0.39, 0.29) is 5.91 Å². The number of hydrogen-bond donors (Lipinski definition) is 2. The molecular formula is C12H16N2O2. The van der Waals surface area contributed by atoms with Crippen molar-refractivity contribution in [3.05, 3.63) is 23.8 Å². The van der Waals surface area contributed by atoms with Crippen molar-refractivity contribution in [2.45, 2.75) is 13.3 Å². The molecule has 0 aromatic heterocycles. The number of anilines is 2. The summed E-state index contributed by atoms with van der Waals surface area (Å²) in [6.07, 6.45) is 0.507. The lowest BCUT2D eigenvalue weighted by Gasteiger charge is -2.25. The van der Waals surface area contributed by atoms with Gasteiger partial charge in [-0.2, -0.15) is 0 Å². The lowest BCUT2D eigenvalue weighted by Crippen LogP contribution is -2.31. The molecule has 1 amide bonds. The summed E-state index contributed by atoms with van der Waals surface area (Å²) >= 11 is 0. The summed E-state index contributed by atoms with van der Waals surface area (Å²) in [7, 11) is 0. The normalized spacial score (nSPS) is 15.6. The van der Waals surface area contributed by atoms with Gasteiger partial charge >= 0.3 is 0 Å². The number of rotatable bonds is 3. The number of benzene rings is 1. The molecule has 0 atom stereocenters. The average molecular weight is 220 g/mol. The average Bonchev–Trinajstić information content (AvgIpc) is 2.16. The van der Waals surface area contributed by atoms with Gasteiger partial charge in [0.25, 0.3) is 0 Å². The number of nitrogens with one attached hydrogen (secondary N) is 1. The van der Waals surface area contributed by atoms with E-state index in [1.807, 2.05) is 25.1 Å². The van der Waals surface area contributed by atoms with Gasteiger partial charge in [0, 0.05) is 12.3 Å². The summed E-state index contributed by atoms with van der Waals surface area (Å²) in [5.74, 6) is 0.371. The topological polar surface area (TPSA) is 64.3 Å². The maximum Gasteiger partial charge on any atom is 0.224 e. The third-order valence-corrected chi connectivity index (χ3v) is 2.66. The first-order chi connectivity index (χ1) is 7.65. The lowest BCUT2D eigenvalue weighted by molar-refractivity contribution is -0.121. The van der Waals surface area contributed by atoms with Gasteiger partial charge in [-0.05, 0) is 24.6 Å². The number of amides is 1. The minimum absolute atomic E-state index is 0.00357. The zero-order valence-corrected chi connectivity index (χ0v) is 9.32. The fourth-order valence-electron chi connectivity index (χ4n) is 1.66. The number of ether oxygens (including phenoxy) is 1. The standard InChI is InChI=1S/C12H16N2O2/c1-8-2-3-11(10(13)4-8)14-12(15)5-9-6-16-7-9/h2-4,9H,5-7,13H2,1H3,(H,14,15). The van der Waals surface area contributed by atoms with Crippen LogP contribution in [0.2, 0.25) is 0 Å². The van der Waals surface area contributed by atoms with Crippen LogP contribution < -0.4 is 11.1 Å². The number of nitrogens with two attached hydrogens (primary N) is 1. The maximum atomic E-state index is 11.6. The van der Waals surface area contributed by atoms with Crippen LogP contribution in [0.5, 0.6) is 0 Å². The molecule has 16 heavy (non-hydrogen) atoms. The molecule has 2 rings (SSSR count). The number of carbonyl (C=O) groups is 1. The Bertz CT molecular complexity index is 400. The minimum Gasteiger partial charge on any atom is -0.397 e. The van der Waals surface area contributed by atoms with Crippen LogP contribution in [0.4, 0.5) is 11.4 Å². The summed E-state index contributed by atoms with van der Waals surface area (Å²) in [5.41, 5.74) is 8.19. The monoisotopic (exact) mass is 220 g/mol. The Morgan fingerprint density at radius 3 is 2.88 bits per heavy atom. The van der Waals surface area contributed by atoms with Crippen LogP contribution in [0.1, 0.15) is 12.0 Å². The highest BCUT2D eigenvalue weighted by Gasteiger charge is 2.21. The molecule has 1 heterocycles. The van der Waals surface area contributed by atoms with Gasteiger partial charge in [0.15, 0.2) is 0 Å². The third kappa shape index (κ3) is 2.52. The molecule has 1 saturated heterocycles. The van der Waals surface area contributed by atoms with Crippen molar-refractivity contribution < 1.29 is 9.53 Å². The molecule has 0 unspecified atom stereocenters. The van der Waals surface area contributed by atoms with E-state index in [0.29, 0.717) is 36.9 Å². The van der Waals surface area contributed by atoms with E-state index in [2.05, 4.69) is 5.32 Å². The molecule has 1 fully saturated rings. The first-order valence-electron chi connectivity index (χ1n) is 5.39. The Hall–Kier alpha value is -1.55. The van der Waals surface area contributed by atoms with E-state index in [0.717, 1.165) is 5.56 Å². The van der Waals surface area contributed by atoms with Crippen molar-refractivity contribution in [1.29, 1.82) is 0 Å². The fraction of sp³-hybridized carbons (Fsp3) is 0.417. The Labute approximate surface area is 94.8 Å². The van der Waals surface area contributed by atoms with Gasteiger partial charge in [-0.1, -0.05) is 6.07 Å². The highest BCUT2D eigenvalue weighted by Crippen LogP contribution is 2.21. The second-order valence-corrected chi connectivity index (χ2v) is 4.25. The van der Waals surface area contributed by atoms with E-state index in [4.69, 9.17) is 10.5 Å². The molecule has 4 nitrogen and oxygen atoms in total. The number of nitrogen functional groups attached to an aromatic ring is 1. The van der Waals surface area contributed by atoms with Gasteiger partial charge < -0.3 is 15.8 Å². The minimum atomic E-state index is 0.00357. The van der Waals surface area contributed by atoms with E-state index in [9.17, 15) is 4.79 Å². The quantitative estimate of drug-likeness (QED) is 0.760. The molecule has 1 aliphatic rings. The highest BCUT2D eigenvalue weighted by molar-refractivity contribution is 5.94. The number of hydrogen-bond acceptors (Lipinski definition) is 3. The summed E-state index contributed by atoms with van der Waals surface area (Å²) in [6.45, 7) is 3.35. The Kier molecular flexibility index (Phi) is 3.10. The largest absolute Gasteiger partial charge is 0.397 e. The molecule has 0 spiro atoms.